The van der Waals surface area contributed by atoms with Crippen LogP contribution in [0.1, 0.15) is 5.56 Å². The maximum atomic E-state index is 12.9. The Morgan fingerprint density at radius 2 is 1.93 bits per heavy atom. The first-order valence-electron chi connectivity index (χ1n) is 4.11. The van der Waals surface area contributed by atoms with E-state index in [0.717, 1.165) is 6.07 Å². The highest BCUT2D eigenvalue weighted by Crippen LogP contribution is 2.31. The summed E-state index contributed by atoms with van der Waals surface area (Å²) >= 11 is 0. The molecular formula is C9H11F2NO2. The van der Waals surface area contributed by atoms with Crippen molar-refractivity contribution in [1.82, 2.24) is 5.32 Å². The summed E-state index contributed by atoms with van der Waals surface area (Å²) in [7, 11) is 1.68. The fourth-order valence-corrected chi connectivity index (χ4v) is 1.10. The van der Waals surface area contributed by atoms with Crippen LogP contribution in [0.15, 0.2) is 6.07 Å². The lowest BCUT2D eigenvalue weighted by molar-refractivity contribution is 0.363. The Hall–Kier alpha value is -1.36. The van der Waals surface area contributed by atoms with Crippen LogP contribution >= 0.6 is 0 Å². The normalized spacial score (nSPS) is 10.5. The predicted molar refractivity (Wildman–Crippen MR) is 47.3 cm³/mol. The molecule has 1 aromatic rings. The van der Waals surface area contributed by atoms with E-state index >= 15 is 0 Å². The Balaban J connectivity index is 3.06. The van der Waals surface area contributed by atoms with Gasteiger partial charge in [0.1, 0.15) is 0 Å². The highest BCUT2D eigenvalue weighted by molar-refractivity contribution is 5.42. The van der Waals surface area contributed by atoms with Crippen molar-refractivity contribution in [2.75, 3.05) is 13.6 Å². The molecule has 0 saturated heterocycles. The number of hydrogen-bond acceptors (Lipinski definition) is 3. The van der Waals surface area contributed by atoms with Crippen LogP contribution in [0.4, 0.5) is 8.78 Å². The molecule has 0 atom stereocenters. The lowest BCUT2D eigenvalue weighted by Crippen LogP contribution is -2.10. The van der Waals surface area contributed by atoms with Crippen molar-refractivity contribution in [3.8, 4) is 11.5 Å². The molecule has 0 amide bonds. The minimum absolute atomic E-state index is 0.132. The fraction of sp³-hybridized carbons (Fsp3) is 0.333. The molecule has 0 spiro atoms. The molecule has 3 nitrogen and oxygen atoms in total. The molecule has 14 heavy (non-hydrogen) atoms. The first-order chi connectivity index (χ1) is 6.57. The second-order valence-corrected chi connectivity index (χ2v) is 2.88. The van der Waals surface area contributed by atoms with Crippen molar-refractivity contribution in [3.05, 3.63) is 23.3 Å². The number of halogens is 2. The zero-order valence-electron chi connectivity index (χ0n) is 7.64. The third-order valence-electron chi connectivity index (χ3n) is 1.89. The lowest BCUT2D eigenvalue weighted by atomic mass is 10.1. The van der Waals surface area contributed by atoms with Crippen LogP contribution < -0.4 is 5.32 Å². The summed E-state index contributed by atoms with van der Waals surface area (Å²) < 4.78 is 25.7. The van der Waals surface area contributed by atoms with Crippen LogP contribution in [-0.2, 0) is 6.42 Å². The molecular weight excluding hydrogens is 192 g/mol. The van der Waals surface area contributed by atoms with Gasteiger partial charge in [-0.3, -0.25) is 0 Å². The Morgan fingerprint density at radius 1 is 1.29 bits per heavy atom. The third-order valence-corrected chi connectivity index (χ3v) is 1.89. The molecule has 5 heteroatoms. The van der Waals surface area contributed by atoms with Gasteiger partial charge in [0.2, 0.25) is 5.82 Å². The van der Waals surface area contributed by atoms with Crippen LogP contribution in [0.5, 0.6) is 11.5 Å². The van der Waals surface area contributed by atoms with Crippen LogP contribution in [-0.4, -0.2) is 23.8 Å². The highest BCUT2D eigenvalue weighted by atomic mass is 19.1. The number of hydrogen-bond donors (Lipinski definition) is 3. The molecule has 0 aliphatic heterocycles. The molecule has 1 rings (SSSR count). The van der Waals surface area contributed by atoms with E-state index in [1.807, 2.05) is 0 Å². The zero-order valence-corrected chi connectivity index (χ0v) is 7.64. The van der Waals surface area contributed by atoms with Gasteiger partial charge in [-0.25, -0.2) is 4.39 Å². The zero-order chi connectivity index (χ0) is 10.7. The van der Waals surface area contributed by atoms with E-state index in [4.69, 9.17) is 5.11 Å². The molecule has 0 fully saturated rings. The van der Waals surface area contributed by atoms with Crippen LogP contribution in [0.2, 0.25) is 0 Å². The number of phenolic OH excluding ortho intramolecular Hbond substituents is 2. The predicted octanol–water partition coefficient (Wildman–Crippen LogP) is 1.14. The van der Waals surface area contributed by atoms with Crippen LogP contribution in [0.3, 0.4) is 0 Å². The van der Waals surface area contributed by atoms with E-state index in [9.17, 15) is 13.9 Å². The van der Waals surface area contributed by atoms with E-state index in [2.05, 4.69) is 5.32 Å². The monoisotopic (exact) mass is 203 g/mol. The molecule has 78 valence electrons. The summed E-state index contributed by atoms with van der Waals surface area (Å²) in [5.74, 6) is -4.21. The largest absolute Gasteiger partial charge is 0.505 e. The molecule has 0 aromatic heterocycles. The van der Waals surface area contributed by atoms with E-state index < -0.39 is 23.1 Å². The number of nitrogens with one attached hydrogen (secondary N) is 1. The molecule has 0 aliphatic rings. The van der Waals surface area contributed by atoms with Gasteiger partial charge in [0.25, 0.3) is 0 Å². The fourth-order valence-electron chi connectivity index (χ4n) is 1.10. The van der Waals surface area contributed by atoms with Crippen LogP contribution in [0.25, 0.3) is 0 Å². The van der Waals surface area contributed by atoms with Gasteiger partial charge in [-0.1, -0.05) is 0 Å². The highest BCUT2D eigenvalue weighted by Gasteiger charge is 2.16. The smallest absolute Gasteiger partial charge is 0.209 e. The van der Waals surface area contributed by atoms with Crippen molar-refractivity contribution < 1.29 is 19.0 Å². The number of aromatic hydroxyl groups is 2. The van der Waals surface area contributed by atoms with E-state index in [0.29, 0.717) is 6.54 Å². The summed E-state index contributed by atoms with van der Waals surface area (Å²) in [5.41, 5.74) is 0.132. The maximum Gasteiger partial charge on any atom is 0.209 e. The van der Waals surface area contributed by atoms with Gasteiger partial charge >= 0.3 is 0 Å². The topological polar surface area (TPSA) is 52.5 Å². The summed E-state index contributed by atoms with van der Waals surface area (Å²) in [5, 5.41) is 20.8. The molecule has 0 saturated carbocycles. The molecule has 0 radical (unpaired) electrons. The van der Waals surface area contributed by atoms with E-state index in [1.54, 1.807) is 7.05 Å². The van der Waals surface area contributed by atoms with Crippen LogP contribution in [0, 0.1) is 11.6 Å². The Labute approximate surface area is 80.0 Å². The van der Waals surface area contributed by atoms with Crippen molar-refractivity contribution in [1.29, 1.82) is 0 Å². The number of likely N-dealkylation sites (N-methyl/N-ethyl adjacent to an activating group) is 1. The second-order valence-electron chi connectivity index (χ2n) is 2.88. The lowest BCUT2D eigenvalue weighted by Gasteiger charge is -2.07. The average Bonchev–Trinajstić information content (AvgIpc) is 2.18. The van der Waals surface area contributed by atoms with Gasteiger partial charge < -0.3 is 15.5 Å². The summed E-state index contributed by atoms with van der Waals surface area (Å²) in [6.45, 7) is 0.483. The first kappa shape index (κ1) is 10.7. The maximum absolute atomic E-state index is 12.9. The van der Waals surface area contributed by atoms with Crippen molar-refractivity contribution in [3.63, 3.8) is 0 Å². The Kier molecular flexibility index (Phi) is 3.24. The molecule has 3 N–H and O–H groups in total. The second kappa shape index (κ2) is 4.23. The summed E-state index contributed by atoms with van der Waals surface area (Å²) in [6, 6.07) is 0.922. The average molecular weight is 203 g/mol. The number of phenols is 2. The van der Waals surface area contributed by atoms with E-state index in [1.165, 1.54) is 0 Å². The van der Waals surface area contributed by atoms with Gasteiger partial charge in [-0.2, -0.15) is 4.39 Å². The van der Waals surface area contributed by atoms with Gasteiger partial charge in [-0.05, 0) is 26.1 Å². The van der Waals surface area contributed by atoms with Gasteiger partial charge in [-0.15, -0.1) is 0 Å². The van der Waals surface area contributed by atoms with Gasteiger partial charge in [0.05, 0.1) is 0 Å². The van der Waals surface area contributed by atoms with Gasteiger partial charge in [0, 0.05) is 5.56 Å². The number of benzene rings is 1. The Morgan fingerprint density at radius 3 is 2.50 bits per heavy atom. The minimum atomic E-state index is -1.31. The van der Waals surface area contributed by atoms with Crippen molar-refractivity contribution >= 4 is 0 Å². The molecule has 1 aromatic carbocycles. The SMILES string of the molecule is CNCCc1cc(F)c(O)c(F)c1O. The molecule has 0 aliphatic carbocycles. The van der Waals surface area contributed by atoms with Crippen molar-refractivity contribution in [2.45, 2.75) is 6.42 Å². The Bertz CT molecular complexity index is 342. The number of rotatable bonds is 3. The quantitative estimate of drug-likeness (QED) is 0.690. The van der Waals surface area contributed by atoms with E-state index in [-0.39, 0.29) is 12.0 Å². The van der Waals surface area contributed by atoms with Crippen molar-refractivity contribution in [2.24, 2.45) is 0 Å². The molecule has 0 unspecified atom stereocenters. The first-order valence-corrected chi connectivity index (χ1v) is 4.11. The van der Waals surface area contributed by atoms with Gasteiger partial charge in [0.15, 0.2) is 17.3 Å². The standard InChI is InChI=1S/C9H11F2NO2/c1-12-3-2-5-4-6(10)9(14)7(11)8(5)13/h4,12-14H,2-3H2,1H3. The summed E-state index contributed by atoms with van der Waals surface area (Å²) in [4.78, 5) is 0. The minimum Gasteiger partial charge on any atom is -0.505 e. The molecule has 0 heterocycles. The third kappa shape index (κ3) is 1.93. The molecule has 0 bridgehead atoms. The summed E-state index contributed by atoms with van der Waals surface area (Å²) in [6.07, 6.45) is 0.288.